The first-order chi connectivity index (χ1) is 21.3. The SMILES string of the molecule is COc1cc(C=Nc2ccc(/C=C/c3ccc(N=Cc4cc(OC)c(OC)cc4[N+](=O)[O-])cc3)cc2)c([N+](=O)[O-])cc1OC. The van der Waals surface area contributed by atoms with Gasteiger partial charge in [0.2, 0.25) is 0 Å². The van der Waals surface area contributed by atoms with Gasteiger partial charge in [-0.25, -0.2) is 0 Å². The van der Waals surface area contributed by atoms with Gasteiger partial charge in [0, 0.05) is 12.4 Å². The molecule has 4 aromatic rings. The van der Waals surface area contributed by atoms with Gasteiger partial charge in [0.05, 0.1) is 72.9 Å². The first-order valence-corrected chi connectivity index (χ1v) is 13.0. The Bertz CT molecular complexity index is 1620. The molecule has 0 radical (unpaired) electrons. The largest absolute Gasteiger partial charge is 0.493 e. The van der Waals surface area contributed by atoms with Crippen molar-refractivity contribution < 1.29 is 28.8 Å². The van der Waals surface area contributed by atoms with Gasteiger partial charge in [0.15, 0.2) is 23.0 Å². The number of nitro benzene ring substituents is 2. The lowest BCUT2D eigenvalue weighted by Crippen LogP contribution is -1.98. The summed E-state index contributed by atoms with van der Waals surface area (Å²) in [5, 5.41) is 23.0. The molecule has 12 nitrogen and oxygen atoms in total. The van der Waals surface area contributed by atoms with E-state index in [0.717, 1.165) is 11.1 Å². The summed E-state index contributed by atoms with van der Waals surface area (Å²) in [4.78, 5) is 30.8. The topological polar surface area (TPSA) is 148 Å². The van der Waals surface area contributed by atoms with Crippen LogP contribution in [0.1, 0.15) is 22.3 Å². The number of aliphatic imine (C=N–C) groups is 2. The number of rotatable bonds is 12. The van der Waals surface area contributed by atoms with Crippen molar-refractivity contribution >= 4 is 47.3 Å². The maximum Gasteiger partial charge on any atom is 0.282 e. The van der Waals surface area contributed by atoms with Crippen LogP contribution in [-0.2, 0) is 0 Å². The van der Waals surface area contributed by atoms with Crippen LogP contribution in [0.2, 0.25) is 0 Å². The first-order valence-electron chi connectivity index (χ1n) is 13.0. The van der Waals surface area contributed by atoms with Crippen LogP contribution >= 0.6 is 0 Å². The van der Waals surface area contributed by atoms with Gasteiger partial charge in [-0.15, -0.1) is 0 Å². The van der Waals surface area contributed by atoms with Crippen LogP contribution in [0.3, 0.4) is 0 Å². The quantitative estimate of drug-likeness (QED) is 0.0721. The molecule has 0 aliphatic heterocycles. The summed E-state index contributed by atoms with van der Waals surface area (Å²) in [6, 6.07) is 20.3. The average molecular weight is 597 g/mol. The molecule has 4 rings (SSSR count). The molecule has 0 aliphatic rings. The number of benzene rings is 4. The van der Waals surface area contributed by atoms with Crippen LogP contribution in [0, 0.1) is 20.2 Å². The molecule has 0 heterocycles. The Kier molecular flexibility index (Phi) is 9.99. The van der Waals surface area contributed by atoms with Crippen LogP contribution in [0.4, 0.5) is 22.7 Å². The smallest absolute Gasteiger partial charge is 0.282 e. The van der Waals surface area contributed by atoms with E-state index in [2.05, 4.69) is 9.98 Å². The molecule has 44 heavy (non-hydrogen) atoms. The lowest BCUT2D eigenvalue weighted by molar-refractivity contribution is -0.385. The highest BCUT2D eigenvalue weighted by atomic mass is 16.6. The highest BCUT2D eigenvalue weighted by molar-refractivity contribution is 5.89. The van der Waals surface area contributed by atoms with Crippen molar-refractivity contribution in [1.82, 2.24) is 0 Å². The van der Waals surface area contributed by atoms with Gasteiger partial charge in [-0.1, -0.05) is 36.4 Å². The van der Waals surface area contributed by atoms with Crippen molar-refractivity contribution in [1.29, 1.82) is 0 Å². The number of nitrogens with zero attached hydrogens (tertiary/aromatic N) is 4. The monoisotopic (exact) mass is 596 g/mol. The van der Waals surface area contributed by atoms with E-state index in [-0.39, 0.29) is 34.0 Å². The van der Waals surface area contributed by atoms with Gasteiger partial charge in [0.1, 0.15) is 0 Å². The van der Waals surface area contributed by atoms with E-state index in [0.29, 0.717) is 22.9 Å². The first kappa shape index (κ1) is 30.9. The van der Waals surface area contributed by atoms with E-state index in [4.69, 9.17) is 18.9 Å². The van der Waals surface area contributed by atoms with Crippen molar-refractivity contribution in [3.63, 3.8) is 0 Å². The second-order valence-corrected chi connectivity index (χ2v) is 9.08. The molecule has 0 N–H and O–H groups in total. The van der Waals surface area contributed by atoms with Crippen LogP contribution in [0.5, 0.6) is 23.0 Å². The normalized spacial score (nSPS) is 11.3. The Morgan fingerprint density at radius 2 is 0.864 bits per heavy atom. The molecule has 4 aromatic carbocycles. The molecule has 224 valence electrons. The number of hydrogen-bond acceptors (Lipinski definition) is 10. The summed E-state index contributed by atoms with van der Waals surface area (Å²) in [5.41, 5.74) is 3.34. The molecule has 0 fully saturated rings. The minimum Gasteiger partial charge on any atom is -0.493 e. The third-order valence-electron chi connectivity index (χ3n) is 6.42. The summed E-state index contributed by atoms with van der Waals surface area (Å²) < 4.78 is 20.8. The standard InChI is InChI=1S/C32H28N4O8/c1-41-29-15-23(27(35(37)38)17-31(29)43-3)19-33-25-11-7-21(8-12-25)5-6-22-9-13-26(14-10-22)34-20-24-16-30(42-2)32(44-4)18-28(24)36(39)40/h5-20H,1-4H3/b6-5+,33-19?,34-20?. The highest BCUT2D eigenvalue weighted by Crippen LogP contribution is 2.35. The summed E-state index contributed by atoms with van der Waals surface area (Å²) >= 11 is 0. The van der Waals surface area contributed by atoms with Crippen molar-refractivity contribution in [2.75, 3.05) is 28.4 Å². The third kappa shape index (κ3) is 7.42. The maximum absolute atomic E-state index is 11.5. The zero-order valence-electron chi connectivity index (χ0n) is 24.3. The lowest BCUT2D eigenvalue weighted by atomic mass is 10.1. The van der Waals surface area contributed by atoms with Crippen molar-refractivity contribution in [2.45, 2.75) is 0 Å². The Labute approximate surface area is 252 Å². The van der Waals surface area contributed by atoms with Gasteiger partial charge in [-0.2, -0.15) is 0 Å². The minimum absolute atomic E-state index is 0.148. The van der Waals surface area contributed by atoms with Gasteiger partial charge in [-0.3, -0.25) is 30.2 Å². The molecule has 0 saturated carbocycles. The van der Waals surface area contributed by atoms with Crippen LogP contribution in [0.15, 0.2) is 82.8 Å². The fraction of sp³-hybridized carbons (Fsp3) is 0.125. The Hall–Kier alpha value is -6.04. The Morgan fingerprint density at radius 1 is 0.545 bits per heavy atom. The highest BCUT2D eigenvalue weighted by Gasteiger charge is 2.19. The molecule has 0 bridgehead atoms. The summed E-state index contributed by atoms with van der Waals surface area (Å²) in [6.07, 6.45) is 6.69. The predicted octanol–water partition coefficient (Wildman–Crippen LogP) is 7.21. The van der Waals surface area contributed by atoms with Crippen molar-refractivity contribution in [2.24, 2.45) is 9.98 Å². The molecule has 0 aliphatic carbocycles. The zero-order valence-corrected chi connectivity index (χ0v) is 24.3. The van der Waals surface area contributed by atoms with Crippen LogP contribution < -0.4 is 18.9 Å². The molecular weight excluding hydrogens is 568 g/mol. The Balaban J connectivity index is 1.44. The lowest BCUT2D eigenvalue weighted by Gasteiger charge is -2.08. The number of nitro groups is 2. The molecule has 0 saturated heterocycles. The number of ether oxygens (including phenoxy) is 4. The van der Waals surface area contributed by atoms with E-state index in [9.17, 15) is 20.2 Å². The van der Waals surface area contributed by atoms with Gasteiger partial charge >= 0.3 is 0 Å². The number of hydrogen-bond donors (Lipinski definition) is 0. The van der Waals surface area contributed by atoms with E-state index in [1.165, 1.54) is 65.1 Å². The minimum atomic E-state index is -0.500. The van der Waals surface area contributed by atoms with Gasteiger partial charge in [0.25, 0.3) is 11.4 Å². The Morgan fingerprint density at radius 3 is 1.16 bits per heavy atom. The second-order valence-electron chi connectivity index (χ2n) is 9.08. The van der Waals surface area contributed by atoms with E-state index in [1.54, 1.807) is 24.3 Å². The van der Waals surface area contributed by atoms with Gasteiger partial charge in [-0.05, 0) is 47.5 Å². The molecule has 0 amide bonds. The third-order valence-corrected chi connectivity index (χ3v) is 6.42. The molecule has 12 heteroatoms. The molecule has 0 unspecified atom stereocenters. The fourth-order valence-corrected chi connectivity index (χ4v) is 4.11. The van der Waals surface area contributed by atoms with E-state index in [1.807, 2.05) is 36.4 Å². The number of methoxy groups -OCH3 is 4. The van der Waals surface area contributed by atoms with Crippen molar-refractivity contribution in [3.05, 3.63) is 115 Å². The van der Waals surface area contributed by atoms with Gasteiger partial charge < -0.3 is 18.9 Å². The molecular formula is C32H28N4O8. The molecule has 0 atom stereocenters. The second kappa shape index (κ2) is 14.2. The van der Waals surface area contributed by atoms with E-state index < -0.39 is 9.85 Å². The summed E-state index contributed by atoms with van der Waals surface area (Å²) in [5.74, 6) is 1.25. The van der Waals surface area contributed by atoms with Crippen LogP contribution in [0.25, 0.3) is 12.2 Å². The van der Waals surface area contributed by atoms with Crippen LogP contribution in [-0.4, -0.2) is 50.7 Å². The summed E-state index contributed by atoms with van der Waals surface area (Å²) in [6.45, 7) is 0. The maximum atomic E-state index is 11.5. The zero-order chi connectivity index (χ0) is 31.6. The van der Waals surface area contributed by atoms with Crippen molar-refractivity contribution in [3.8, 4) is 23.0 Å². The average Bonchev–Trinajstić information content (AvgIpc) is 3.05. The molecule has 0 aromatic heterocycles. The predicted molar refractivity (Wildman–Crippen MR) is 169 cm³/mol. The van der Waals surface area contributed by atoms with E-state index >= 15 is 0 Å². The summed E-state index contributed by atoms with van der Waals surface area (Å²) in [7, 11) is 5.73. The molecule has 0 spiro atoms. The fourth-order valence-electron chi connectivity index (χ4n) is 4.11.